The van der Waals surface area contributed by atoms with E-state index < -0.39 is 26.6 Å². The van der Waals surface area contributed by atoms with Crippen LogP contribution in [-0.2, 0) is 18.4 Å². The minimum atomic E-state index is -4.62. The minimum Gasteiger partial charge on any atom is -0.756 e. The Morgan fingerprint density at radius 2 is 0.678 bits per heavy atom. The number of nitrogens with zero attached hydrogens (tertiary/aromatic N) is 1. The van der Waals surface area contributed by atoms with Crippen LogP contribution in [0.15, 0.2) is 146 Å². The fourth-order valence-electron chi connectivity index (χ4n) is 10.3. The Labute approximate surface area is 557 Å². The summed E-state index contributed by atoms with van der Waals surface area (Å²) < 4.78 is 23.5. The highest BCUT2D eigenvalue weighted by Crippen LogP contribution is 2.38. The molecule has 0 heterocycles. The monoisotopic (exact) mass is 1270 g/mol. The number of aliphatic hydroxyl groups excluding tert-OH is 1. The molecule has 0 saturated carbocycles. The van der Waals surface area contributed by atoms with E-state index in [-0.39, 0.29) is 12.5 Å². The van der Waals surface area contributed by atoms with Crippen molar-refractivity contribution in [3.8, 4) is 0 Å². The highest BCUT2D eigenvalue weighted by molar-refractivity contribution is 7.45. The van der Waals surface area contributed by atoms with Gasteiger partial charge in [0.2, 0.25) is 5.91 Å². The largest absolute Gasteiger partial charge is 0.756 e. The predicted molar refractivity (Wildman–Crippen MR) is 394 cm³/mol. The standard InChI is InChI=1S/C81H141N2O6P/c1-6-8-10-12-14-16-18-20-22-24-26-28-30-32-34-36-37-38-39-40-41-42-43-44-45-47-49-51-53-55-57-59-61-63-65-67-69-71-73-75-81(85)82-79(78-89-90(86,87)88-77-76-83(3,4)5)80(84)74-72-70-68-66-64-62-60-58-56-54-52-50-48-46-35-33-31-29-27-25-23-21-19-17-15-13-11-9-7-2/h8,10,14,16,20,22,26,28,32,34,37-38,40-41,43-44,47,49,53,55,59,61,72,74,79-80,84H,6-7,9,11-13,15,17-19,21,23-25,27,29-31,33,35-36,39,42,45-46,48,50-52,54,56-58,60,62-71,73,75-78H2,1-5H3,(H-,82,85,86,87)/b10-8-,16-14-,22-20-,28-26-,34-32-,38-37-,41-40-,44-43-,49-47-,55-53-,61-59-,74-72+. The molecule has 0 spiro atoms. The van der Waals surface area contributed by atoms with Crippen molar-refractivity contribution in [3.05, 3.63) is 146 Å². The molecule has 0 aromatic rings. The molecule has 3 unspecified atom stereocenters. The van der Waals surface area contributed by atoms with E-state index >= 15 is 0 Å². The molecule has 2 N–H and O–H groups in total. The third kappa shape index (κ3) is 71.8. The highest BCUT2D eigenvalue weighted by Gasteiger charge is 2.23. The molecule has 0 aromatic carbocycles. The number of hydrogen-bond acceptors (Lipinski definition) is 6. The van der Waals surface area contributed by atoms with E-state index in [9.17, 15) is 19.4 Å². The number of quaternary nitrogens is 1. The summed E-state index contributed by atoms with van der Waals surface area (Å²) >= 11 is 0. The lowest BCUT2D eigenvalue weighted by molar-refractivity contribution is -0.870. The van der Waals surface area contributed by atoms with E-state index in [2.05, 4.69) is 153 Å². The Morgan fingerprint density at radius 3 is 0.989 bits per heavy atom. The Morgan fingerprint density at radius 1 is 0.400 bits per heavy atom. The molecular formula is C81H141N2O6P. The number of aliphatic hydroxyl groups is 1. The maximum atomic E-state index is 13.1. The lowest BCUT2D eigenvalue weighted by Gasteiger charge is -2.29. The van der Waals surface area contributed by atoms with Crippen molar-refractivity contribution in [2.75, 3.05) is 40.9 Å². The summed E-state index contributed by atoms with van der Waals surface area (Å²) in [5, 5.41) is 14.0. The second-order valence-electron chi connectivity index (χ2n) is 25.9. The summed E-state index contributed by atoms with van der Waals surface area (Å²) in [6, 6.07) is -0.910. The van der Waals surface area contributed by atoms with Gasteiger partial charge in [-0.1, -0.05) is 346 Å². The zero-order valence-electron chi connectivity index (χ0n) is 59.0. The third-order valence-corrected chi connectivity index (χ3v) is 17.0. The van der Waals surface area contributed by atoms with Crippen molar-refractivity contribution in [2.45, 2.75) is 321 Å². The molecule has 0 radical (unpaired) electrons. The van der Waals surface area contributed by atoms with Crippen molar-refractivity contribution >= 4 is 13.7 Å². The van der Waals surface area contributed by atoms with Gasteiger partial charge in [0.25, 0.3) is 7.82 Å². The first-order chi connectivity index (χ1) is 44.0. The van der Waals surface area contributed by atoms with E-state index in [1.807, 2.05) is 27.2 Å². The SMILES string of the molecule is CC/C=C\C/C=C\C/C=C\C/C=C\C/C=C\C/C=C\C/C=C\C/C=C\C/C=C\C/C=C\C/C=C\CCCCCCCC(=O)NC(COP(=O)([O-])OCC[N+](C)(C)C)C(O)/C=C/CCCCCCCCCCCCCCCCCCCCCCCCCCCCC. The number of amides is 1. The molecule has 0 saturated heterocycles. The second-order valence-corrected chi connectivity index (χ2v) is 27.3. The van der Waals surface area contributed by atoms with Gasteiger partial charge in [-0.2, -0.15) is 0 Å². The number of allylic oxidation sites excluding steroid dienone is 23. The van der Waals surface area contributed by atoms with Gasteiger partial charge < -0.3 is 28.8 Å². The molecule has 0 bridgehead atoms. The second kappa shape index (κ2) is 69.7. The van der Waals surface area contributed by atoms with Gasteiger partial charge in [0.1, 0.15) is 13.2 Å². The van der Waals surface area contributed by atoms with Gasteiger partial charge in [0.15, 0.2) is 0 Å². The van der Waals surface area contributed by atoms with Crippen LogP contribution in [0.3, 0.4) is 0 Å². The molecule has 0 fully saturated rings. The number of likely N-dealkylation sites (N-methyl/N-ethyl adjacent to an activating group) is 1. The average Bonchev–Trinajstić information content (AvgIpc) is 3.72. The molecule has 3 atom stereocenters. The summed E-state index contributed by atoms with van der Waals surface area (Å²) in [6.07, 6.45) is 107. The minimum absolute atomic E-state index is 0.0121. The van der Waals surface area contributed by atoms with Gasteiger partial charge >= 0.3 is 0 Å². The maximum absolute atomic E-state index is 13.1. The lowest BCUT2D eigenvalue weighted by atomic mass is 10.0. The van der Waals surface area contributed by atoms with Gasteiger partial charge in [0, 0.05) is 6.42 Å². The van der Waals surface area contributed by atoms with Crippen LogP contribution in [0.2, 0.25) is 0 Å². The Kier molecular flexibility index (Phi) is 66.9. The topological polar surface area (TPSA) is 108 Å². The van der Waals surface area contributed by atoms with Gasteiger partial charge in [-0.25, -0.2) is 0 Å². The van der Waals surface area contributed by atoms with Gasteiger partial charge in [0.05, 0.1) is 39.9 Å². The zero-order valence-corrected chi connectivity index (χ0v) is 59.9. The van der Waals surface area contributed by atoms with Crippen LogP contribution < -0.4 is 10.2 Å². The Hall–Kier alpha value is -3.62. The normalized spacial score (nSPS) is 14.4. The maximum Gasteiger partial charge on any atom is 0.268 e. The summed E-state index contributed by atoms with van der Waals surface area (Å²) in [6.45, 7) is 4.54. The fourth-order valence-corrected chi connectivity index (χ4v) is 11.1. The van der Waals surface area contributed by atoms with Crippen LogP contribution in [0.5, 0.6) is 0 Å². The van der Waals surface area contributed by atoms with Gasteiger partial charge in [-0.15, -0.1) is 0 Å². The first kappa shape index (κ1) is 86.4. The summed E-state index contributed by atoms with van der Waals surface area (Å²) in [5.41, 5.74) is 0. The Bertz CT molecular complexity index is 1980. The van der Waals surface area contributed by atoms with Crippen molar-refractivity contribution < 1.29 is 32.9 Å². The molecule has 8 nitrogen and oxygen atoms in total. The van der Waals surface area contributed by atoms with Crippen molar-refractivity contribution in [2.24, 2.45) is 0 Å². The molecule has 9 heteroatoms. The quantitative estimate of drug-likeness (QED) is 0.0272. The Balaban J connectivity index is 4.17. The number of carbonyl (C=O) groups excluding carboxylic acids is 1. The fraction of sp³-hybridized carbons (Fsp3) is 0.691. The molecule has 90 heavy (non-hydrogen) atoms. The first-order valence-electron chi connectivity index (χ1n) is 37.2. The van der Waals surface area contributed by atoms with Crippen molar-refractivity contribution in [1.82, 2.24) is 5.32 Å². The van der Waals surface area contributed by atoms with E-state index in [1.54, 1.807) is 6.08 Å². The summed E-state index contributed by atoms with van der Waals surface area (Å²) in [4.78, 5) is 25.7. The van der Waals surface area contributed by atoms with E-state index in [0.717, 1.165) is 128 Å². The van der Waals surface area contributed by atoms with Crippen LogP contribution in [-0.4, -0.2) is 68.5 Å². The summed E-state index contributed by atoms with van der Waals surface area (Å²) in [5.74, 6) is -0.219. The summed E-state index contributed by atoms with van der Waals surface area (Å²) in [7, 11) is 1.23. The number of carbonyl (C=O) groups is 1. The van der Waals surface area contributed by atoms with Crippen LogP contribution >= 0.6 is 7.82 Å². The van der Waals surface area contributed by atoms with Crippen molar-refractivity contribution in [3.63, 3.8) is 0 Å². The predicted octanol–water partition coefficient (Wildman–Crippen LogP) is 23.7. The van der Waals surface area contributed by atoms with Gasteiger partial charge in [-0.3, -0.25) is 9.36 Å². The van der Waals surface area contributed by atoms with Crippen molar-refractivity contribution in [1.29, 1.82) is 0 Å². The number of hydrogen-bond donors (Lipinski definition) is 2. The first-order valence-corrected chi connectivity index (χ1v) is 38.7. The highest BCUT2D eigenvalue weighted by atomic mass is 31.2. The number of phosphoric ester groups is 1. The number of unbranched alkanes of at least 4 members (excludes halogenated alkanes) is 32. The molecule has 0 aromatic heterocycles. The third-order valence-electron chi connectivity index (χ3n) is 16.1. The van der Waals surface area contributed by atoms with E-state index in [1.165, 1.54) is 161 Å². The average molecular weight is 1270 g/mol. The van der Waals surface area contributed by atoms with Crippen LogP contribution in [0, 0.1) is 0 Å². The molecular weight excluding hydrogens is 1130 g/mol. The molecule has 0 aliphatic rings. The molecule has 516 valence electrons. The lowest BCUT2D eigenvalue weighted by Crippen LogP contribution is -2.45. The molecule has 1 amide bonds. The molecule has 0 aliphatic carbocycles. The number of nitrogens with one attached hydrogen (secondary N) is 1. The van der Waals surface area contributed by atoms with Crippen LogP contribution in [0.25, 0.3) is 0 Å². The van der Waals surface area contributed by atoms with E-state index in [4.69, 9.17) is 9.05 Å². The van der Waals surface area contributed by atoms with Gasteiger partial charge in [-0.05, 0) is 103 Å². The number of rotatable bonds is 67. The number of phosphoric acid groups is 1. The molecule has 0 rings (SSSR count). The molecule has 0 aliphatic heterocycles. The van der Waals surface area contributed by atoms with Crippen LogP contribution in [0.4, 0.5) is 0 Å². The van der Waals surface area contributed by atoms with Crippen LogP contribution in [0.1, 0.15) is 309 Å². The van der Waals surface area contributed by atoms with E-state index in [0.29, 0.717) is 17.4 Å². The zero-order chi connectivity index (χ0) is 65.5. The smallest absolute Gasteiger partial charge is 0.268 e.